The number of hydrogen-bond donors (Lipinski definition) is 2. The summed E-state index contributed by atoms with van der Waals surface area (Å²) in [5, 5.41) is 18.3. The molecule has 4 nitrogen and oxygen atoms in total. The fourth-order valence-electron chi connectivity index (χ4n) is 7.80. The summed E-state index contributed by atoms with van der Waals surface area (Å²) in [5.41, 5.74) is 0. The van der Waals surface area contributed by atoms with Crippen LogP contribution >= 0.6 is 0 Å². The molecule has 0 aromatic heterocycles. The van der Waals surface area contributed by atoms with Gasteiger partial charge in [-0.05, 0) is 24.7 Å². The molecule has 0 aliphatic rings. The molecule has 0 bridgehead atoms. The Hall–Kier alpha value is -1.06. The Labute approximate surface area is 300 Å². The zero-order chi connectivity index (χ0) is 35.2. The minimum absolute atomic E-state index is 0.286. The first-order chi connectivity index (χ1) is 23.5. The summed E-state index contributed by atoms with van der Waals surface area (Å²) in [7, 11) is 0. The summed E-state index contributed by atoms with van der Waals surface area (Å²) in [5.74, 6) is -0.0110. The number of carboxylic acids is 2. The number of carbonyl (C=O) groups is 2. The molecule has 2 N–H and O–H groups in total. The normalized spacial score (nSPS) is 12.8. The maximum absolute atomic E-state index is 11.1. The molecule has 2 unspecified atom stereocenters. The van der Waals surface area contributed by atoms with Crippen LogP contribution < -0.4 is 0 Å². The number of rotatable bonds is 41. The second-order valence-electron chi connectivity index (χ2n) is 15.6. The zero-order valence-corrected chi connectivity index (χ0v) is 32.7. The molecular weight excluding hydrogens is 592 g/mol. The molecule has 0 aromatic carbocycles. The molecule has 0 spiro atoms. The van der Waals surface area contributed by atoms with Crippen LogP contribution in [0.4, 0.5) is 0 Å². The minimum atomic E-state index is -0.675. The Kier molecular flexibility index (Phi) is 37.9. The monoisotopic (exact) mass is 679 g/mol. The molecule has 4 heteroatoms. The van der Waals surface area contributed by atoms with Crippen LogP contribution in [-0.4, -0.2) is 22.2 Å². The van der Waals surface area contributed by atoms with Gasteiger partial charge in [-0.25, -0.2) is 0 Å². The van der Waals surface area contributed by atoms with E-state index in [2.05, 4.69) is 13.8 Å². The second-order valence-corrected chi connectivity index (χ2v) is 15.6. The van der Waals surface area contributed by atoms with Crippen molar-refractivity contribution in [1.29, 1.82) is 0 Å². The molecule has 0 rings (SSSR count). The standard InChI is InChI=1S/C44H86O4/c1-3-5-7-9-11-13-15-17-19-21-23-25-27-29-35-41(37-31-33-39-43(45)46)42(38-32-34-40-44(47)48)36-30-28-26-24-22-20-18-16-14-12-10-8-6-4-2/h41-42H,3-40H2,1-2H3,(H,45,46)(H,47,48). The lowest BCUT2D eigenvalue weighted by molar-refractivity contribution is -0.138. The number of aliphatic carboxylic acids is 2. The van der Waals surface area contributed by atoms with Crippen LogP contribution in [-0.2, 0) is 9.59 Å². The smallest absolute Gasteiger partial charge is 0.303 e. The van der Waals surface area contributed by atoms with Crippen molar-refractivity contribution < 1.29 is 19.8 Å². The topological polar surface area (TPSA) is 74.6 Å². The van der Waals surface area contributed by atoms with Gasteiger partial charge in [-0.15, -0.1) is 0 Å². The molecule has 286 valence electrons. The van der Waals surface area contributed by atoms with Crippen LogP contribution in [0.5, 0.6) is 0 Å². The Morgan fingerprint density at radius 3 is 0.708 bits per heavy atom. The lowest BCUT2D eigenvalue weighted by Gasteiger charge is -2.28. The molecule has 0 heterocycles. The summed E-state index contributed by atoms with van der Waals surface area (Å²) in [6.45, 7) is 4.57. The fraction of sp³-hybridized carbons (Fsp3) is 0.955. The minimum Gasteiger partial charge on any atom is -0.481 e. The van der Waals surface area contributed by atoms with Crippen molar-refractivity contribution in [1.82, 2.24) is 0 Å². The van der Waals surface area contributed by atoms with E-state index in [1.807, 2.05) is 0 Å². The van der Waals surface area contributed by atoms with Crippen LogP contribution in [0.25, 0.3) is 0 Å². The van der Waals surface area contributed by atoms with Gasteiger partial charge in [-0.2, -0.15) is 0 Å². The fourth-order valence-corrected chi connectivity index (χ4v) is 7.80. The molecule has 0 aliphatic heterocycles. The summed E-state index contributed by atoms with van der Waals surface area (Å²) < 4.78 is 0. The van der Waals surface area contributed by atoms with Gasteiger partial charge in [0.25, 0.3) is 0 Å². The van der Waals surface area contributed by atoms with Gasteiger partial charge in [-0.3, -0.25) is 9.59 Å². The first-order valence-electron chi connectivity index (χ1n) is 21.9. The highest BCUT2D eigenvalue weighted by Gasteiger charge is 2.21. The van der Waals surface area contributed by atoms with Gasteiger partial charge in [0.1, 0.15) is 0 Å². The maximum atomic E-state index is 11.1. The number of unbranched alkanes of at least 4 members (excludes halogenated alkanes) is 28. The largest absolute Gasteiger partial charge is 0.481 e. The van der Waals surface area contributed by atoms with E-state index in [1.54, 1.807) is 0 Å². The summed E-state index contributed by atoms with van der Waals surface area (Å²) in [4.78, 5) is 22.3. The van der Waals surface area contributed by atoms with Crippen molar-refractivity contribution in [3.63, 3.8) is 0 Å². The molecule has 0 fully saturated rings. The van der Waals surface area contributed by atoms with Crippen molar-refractivity contribution in [2.45, 2.75) is 258 Å². The van der Waals surface area contributed by atoms with Crippen molar-refractivity contribution in [3.05, 3.63) is 0 Å². The van der Waals surface area contributed by atoms with Crippen LogP contribution in [0.2, 0.25) is 0 Å². The van der Waals surface area contributed by atoms with Gasteiger partial charge in [0, 0.05) is 12.8 Å². The van der Waals surface area contributed by atoms with E-state index >= 15 is 0 Å². The van der Waals surface area contributed by atoms with E-state index in [4.69, 9.17) is 10.2 Å². The third-order valence-corrected chi connectivity index (χ3v) is 11.0. The van der Waals surface area contributed by atoms with Gasteiger partial charge in [0.15, 0.2) is 0 Å². The van der Waals surface area contributed by atoms with Crippen LogP contribution in [0.3, 0.4) is 0 Å². The summed E-state index contributed by atoms with van der Waals surface area (Å²) in [6.07, 6.45) is 47.8. The Morgan fingerprint density at radius 2 is 0.500 bits per heavy atom. The van der Waals surface area contributed by atoms with E-state index in [0.29, 0.717) is 11.8 Å². The average Bonchev–Trinajstić information content (AvgIpc) is 3.06. The van der Waals surface area contributed by atoms with Crippen molar-refractivity contribution in [3.8, 4) is 0 Å². The Morgan fingerprint density at radius 1 is 0.312 bits per heavy atom. The maximum Gasteiger partial charge on any atom is 0.303 e. The van der Waals surface area contributed by atoms with Crippen LogP contribution in [0, 0.1) is 11.8 Å². The van der Waals surface area contributed by atoms with Crippen molar-refractivity contribution in [2.75, 3.05) is 0 Å². The van der Waals surface area contributed by atoms with Crippen molar-refractivity contribution >= 4 is 11.9 Å². The number of carboxylic acid groups (broad SMARTS) is 2. The molecule has 0 saturated carbocycles. The molecule has 48 heavy (non-hydrogen) atoms. The molecule has 0 aliphatic carbocycles. The van der Waals surface area contributed by atoms with E-state index in [9.17, 15) is 9.59 Å². The van der Waals surface area contributed by atoms with Gasteiger partial charge < -0.3 is 10.2 Å². The summed E-state index contributed by atoms with van der Waals surface area (Å²) in [6, 6.07) is 0. The predicted octanol–water partition coefficient (Wildman–Crippen LogP) is 15.3. The average molecular weight is 679 g/mol. The first kappa shape index (κ1) is 46.9. The third-order valence-electron chi connectivity index (χ3n) is 11.0. The van der Waals surface area contributed by atoms with Gasteiger partial charge in [-0.1, -0.05) is 232 Å². The number of hydrogen-bond acceptors (Lipinski definition) is 2. The molecule has 0 aromatic rings. The molecule has 0 radical (unpaired) electrons. The second kappa shape index (κ2) is 38.7. The van der Waals surface area contributed by atoms with Crippen molar-refractivity contribution in [2.24, 2.45) is 11.8 Å². The van der Waals surface area contributed by atoms with E-state index in [0.717, 1.165) is 38.5 Å². The first-order valence-corrected chi connectivity index (χ1v) is 21.9. The van der Waals surface area contributed by atoms with Crippen LogP contribution in [0.1, 0.15) is 258 Å². The van der Waals surface area contributed by atoms with E-state index in [-0.39, 0.29) is 12.8 Å². The van der Waals surface area contributed by atoms with Gasteiger partial charge in [0.05, 0.1) is 0 Å². The highest BCUT2D eigenvalue weighted by Crippen LogP contribution is 2.33. The van der Waals surface area contributed by atoms with Gasteiger partial charge in [0.2, 0.25) is 0 Å². The van der Waals surface area contributed by atoms with E-state index in [1.165, 1.54) is 193 Å². The summed E-state index contributed by atoms with van der Waals surface area (Å²) >= 11 is 0. The highest BCUT2D eigenvalue weighted by molar-refractivity contribution is 5.66. The quantitative estimate of drug-likeness (QED) is 0.0631. The lowest BCUT2D eigenvalue weighted by Crippen LogP contribution is -2.16. The molecule has 2 atom stereocenters. The third kappa shape index (κ3) is 36.2. The molecular formula is C44H86O4. The Bertz CT molecular complexity index is 606. The molecule has 0 saturated heterocycles. The predicted molar refractivity (Wildman–Crippen MR) is 209 cm³/mol. The lowest BCUT2D eigenvalue weighted by atomic mass is 9.78. The molecule has 0 amide bonds. The SMILES string of the molecule is CCCCCCCCCCCCCCCCC(CCCCC(=O)O)C(CCCCCCCCCCCCCCCC)CCCCC(=O)O. The van der Waals surface area contributed by atoms with Crippen LogP contribution in [0.15, 0.2) is 0 Å². The Balaban J connectivity index is 4.46. The zero-order valence-electron chi connectivity index (χ0n) is 32.7. The highest BCUT2D eigenvalue weighted by atomic mass is 16.4. The van der Waals surface area contributed by atoms with E-state index < -0.39 is 11.9 Å². The van der Waals surface area contributed by atoms with Gasteiger partial charge >= 0.3 is 11.9 Å².